The van der Waals surface area contributed by atoms with Gasteiger partial charge in [-0.1, -0.05) is 0 Å². The van der Waals surface area contributed by atoms with Crippen LogP contribution in [0.3, 0.4) is 0 Å². The number of carbonyl (C=O) groups excluding carboxylic acids is 1. The summed E-state index contributed by atoms with van der Waals surface area (Å²) in [5, 5.41) is 0. The molecule has 2 aliphatic rings. The minimum atomic E-state index is 0.156. The van der Waals surface area contributed by atoms with Crippen molar-refractivity contribution in [2.75, 3.05) is 33.2 Å². The fraction of sp³-hybridized carbons (Fsp3) is 0.909. The molecule has 0 radical (unpaired) electrons. The maximum atomic E-state index is 12.0. The Labute approximate surface area is 91.4 Å². The fourth-order valence-electron chi connectivity index (χ4n) is 2.60. The monoisotopic (exact) mass is 211 g/mol. The molecule has 0 aromatic heterocycles. The van der Waals surface area contributed by atoms with Crippen molar-refractivity contribution in [1.29, 1.82) is 0 Å². The Hall–Kier alpha value is -0.610. The molecule has 0 aromatic rings. The molecule has 4 nitrogen and oxygen atoms in total. The summed E-state index contributed by atoms with van der Waals surface area (Å²) < 4.78 is 0. The van der Waals surface area contributed by atoms with Crippen molar-refractivity contribution in [1.82, 2.24) is 9.80 Å². The minimum Gasteiger partial charge on any atom is -0.341 e. The molecule has 2 heterocycles. The lowest BCUT2D eigenvalue weighted by molar-refractivity contribution is -0.142. The van der Waals surface area contributed by atoms with E-state index < -0.39 is 0 Å². The highest BCUT2D eigenvalue weighted by atomic mass is 16.2. The number of rotatable bonds is 3. The number of hydrogen-bond acceptors (Lipinski definition) is 3. The topological polar surface area (TPSA) is 49.6 Å². The van der Waals surface area contributed by atoms with Crippen molar-refractivity contribution in [2.24, 2.45) is 11.7 Å². The molecule has 1 unspecified atom stereocenters. The van der Waals surface area contributed by atoms with E-state index in [0.29, 0.717) is 11.8 Å². The Kier molecular flexibility index (Phi) is 3.26. The number of likely N-dealkylation sites (N-methyl/N-ethyl adjacent to an activating group) is 1. The van der Waals surface area contributed by atoms with E-state index in [1.54, 1.807) is 0 Å². The summed E-state index contributed by atoms with van der Waals surface area (Å²) in [4.78, 5) is 16.2. The Morgan fingerprint density at radius 2 is 2.20 bits per heavy atom. The first-order chi connectivity index (χ1) is 7.22. The number of amides is 1. The average Bonchev–Trinajstić information content (AvgIpc) is 2.56. The van der Waals surface area contributed by atoms with E-state index in [-0.39, 0.29) is 6.04 Å². The second kappa shape index (κ2) is 4.49. The third-order valence-electron chi connectivity index (χ3n) is 3.65. The van der Waals surface area contributed by atoms with Crippen molar-refractivity contribution in [2.45, 2.75) is 25.3 Å². The van der Waals surface area contributed by atoms with E-state index in [0.717, 1.165) is 45.4 Å². The van der Waals surface area contributed by atoms with Gasteiger partial charge in [0.05, 0.1) is 6.04 Å². The summed E-state index contributed by atoms with van der Waals surface area (Å²) in [6.07, 6.45) is 3.25. The van der Waals surface area contributed by atoms with E-state index in [2.05, 4.69) is 4.90 Å². The third kappa shape index (κ3) is 2.16. The van der Waals surface area contributed by atoms with Crippen LogP contribution < -0.4 is 5.73 Å². The first kappa shape index (κ1) is 10.9. The first-order valence-electron chi connectivity index (χ1n) is 5.91. The molecule has 15 heavy (non-hydrogen) atoms. The second-order valence-corrected chi connectivity index (χ2v) is 4.83. The van der Waals surface area contributed by atoms with Crippen LogP contribution in [0.4, 0.5) is 0 Å². The SMILES string of the molecule is CN1CCCC1C(=O)N1CC(CCN)C1. The Morgan fingerprint density at radius 3 is 2.73 bits per heavy atom. The molecule has 2 N–H and O–H groups in total. The summed E-state index contributed by atoms with van der Waals surface area (Å²) in [7, 11) is 2.05. The number of carbonyl (C=O) groups is 1. The van der Waals surface area contributed by atoms with Gasteiger partial charge in [-0.15, -0.1) is 0 Å². The second-order valence-electron chi connectivity index (χ2n) is 4.83. The van der Waals surface area contributed by atoms with Gasteiger partial charge >= 0.3 is 0 Å². The highest BCUT2D eigenvalue weighted by Crippen LogP contribution is 2.23. The van der Waals surface area contributed by atoms with E-state index in [1.165, 1.54) is 0 Å². The van der Waals surface area contributed by atoms with Crippen LogP contribution in [0.5, 0.6) is 0 Å². The molecule has 2 saturated heterocycles. The van der Waals surface area contributed by atoms with Crippen molar-refractivity contribution in [3.05, 3.63) is 0 Å². The molecule has 1 amide bonds. The molecule has 0 spiro atoms. The van der Waals surface area contributed by atoms with E-state index in [4.69, 9.17) is 5.73 Å². The van der Waals surface area contributed by atoms with Gasteiger partial charge in [-0.25, -0.2) is 0 Å². The van der Waals surface area contributed by atoms with Gasteiger partial charge in [0, 0.05) is 13.1 Å². The molecule has 2 fully saturated rings. The van der Waals surface area contributed by atoms with Crippen molar-refractivity contribution < 1.29 is 4.79 Å². The summed E-state index contributed by atoms with van der Waals surface area (Å²) >= 11 is 0. The van der Waals surface area contributed by atoms with Gasteiger partial charge in [-0.2, -0.15) is 0 Å². The maximum absolute atomic E-state index is 12.0. The van der Waals surface area contributed by atoms with Crippen molar-refractivity contribution in [3.63, 3.8) is 0 Å². The van der Waals surface area contributed by atoms with Crippen LogP contribution >= 0.6 is 0 Å². The third-order valence-corrected chi connectivity index (χ3v) is 3.65. The summed E-state index contributed by atoms with van der Waals surface area (Å²) in [6, 6.07) is 0.156. The smallest absolute Gasteiger partial charge is 0.239 e. The number of nitrogens with zero attached hydrogens (tertiary/aromatic N) is 2. The van der Waals surface area contributed by atoms with E-state index in [9.17, 15) is 4.79 Å². The van der Waals surface area contributed by atoms with Gasteiger partial charge in [0.25, 0.3) is 0 Å². The molecule has 0 aromatic carbocycles. The highest BCUT2D eigenvalue weighted by molar-refractivity contribution is 5.82. The zero-order valence-electron chi connectivity index (χ0n) is 9.48. The van der Waals surface area contributed by atoms with Crippen LogP contribution in [0, 0.1) is 5.92 Å². The molecule has 0 saturated carbocycles. The lowest BCUT2D eigenvalue weighted by Gasteiger charge is -2.41. The van der Waals surface area contributed by atoms with Gasteiger partial charge in [0.15, 0.2) is 0 Å². The van der Waals surface area contributed by atoms with Crippen LogP contribution in [-0.4, -0.2) is 55.0 Å². The summed E-state index contributed by atoms with van der Waals surface area (Å²) in [6.45, 7) is 3.67. The molecule has 2 aliphatic heterocycles. The van der Waals surface area contributed by atoms with Gasteiger partial charge in [0.1, 0.15) is 0 Å². The molecule has 1 atom stereocenters. The zero-order valence-corrected chi connectivity index (χ0v) is 9.48. The average molecular weight is 211 g/mol. The summed E-state index contributed by atoms with van der Waals surface area (Å²) in [5.74, 6) is 0.994. The van der Waals surface area contributed by atoms with E-state index in [1.807, 2.05) is 11.9 Å². The van der Waals surface area contributed by atoms with Crippen LogP contribution in [0.1, 0.15) is 19.3 Å². The molecular formula is C11H21N3O. The van der Waals surface area contributed by atoms with Gasteiger partial charge in [-0.3, -0.25) is 9.69 Å². The maximum Gasteiger partial charge on any atom is 0.239 e. The predicted molar refractivity (Wildman–Crippen MR) is 59.4 cm³/mol. The first-order valence-corrected chi connectivity index (χ1v) is 5.91. The fourth-order valence-corrected chi connectivity index (χ4v) is 2.60. The highest BCUT2D eigenvalue weighted by Gasteiger charge is 2.36. The molecule has 86 valence electrons. The van der Waals surface area contributed by atoms with Crippen LogP contribution in [-0.2, 0) is 4.79 Å². The standard InChI is InChI=1S/C11H21N3O/c1-13-6-2-3-10(13)11(15)14-7-9(8-14)4-5-12/h9-10H,2-8,12H2,1H3. The van der Waals surface area contributed by atoms with Crippen molar-refractivity contribution >= 4 is 5.91 Å². The largest absolute Gasteiger partial charge is 0.341 e. The van der Waals surface area contributed by atoms with Crippen LogP contribution in [0.15, 0.2) is 0 Å². The van der Waals surface area contributed by atoms with E-state index >= 15 is 0 Å². The molecule has 2 rings (SSSR count). The van der Waals surface area contributed by atoms with Gasteiger partial charge in [-0.05, 0) is 45.3 Å². The Bertz CT molecular complexity index is 238. The predicted octanol–water partition coefficient (Wildman–Crippen LogP) is -0.112. The van der Waals surface area contributed by atoms with Crippen LogP contribution in [0.25, 0.3) is 0 Å². The van der Waals surface area contributed by atoms with Crippen LogP contribution in [0.2, 0.25) is 0 Å². The number of nitrogens with two attached hydrogens (primary N) is 1. The number of hydrogen-bond donors (Lipinski definition) is 1. The molecular weight excluding hydrogens is 190 g/mol. The summed E-state index contributed by atoms with van der Waals surface area (Å²) in [5.41, 5.74) is 5.49. The normalized spacial score (nSPS) is 28.1. The van der Waals surface area contributed by atoms with Gasteiger partial charge in [0.2, 0.25) is 5.91 Å². The number of likely N-dealkylation sites (tertiary alicyclic amines) is 2. The molecule has 4 heteroatoms. The minimum absolute atomic E-state index is 0.156. The Morgan fingerprint density at radius 1 is 1.47 bits per heavy atom. The lowest BCUT2D eigenvalue weighted by atomic mass is 9.95. The Balaban J connectivity index is 1.78. The quantitative estimate of drug-likeness (QED) is 0.708. The molecule has 0 aliphatic carbocycles. The van der Waals surface area contributed by atoms with Crippen molar-refractivity contribution in [3.8, 4) is 0 Å². The molecule has 0 bridgehead atoms. The van der Waals surface area contributed by atoms with Gasteiger partial charge < -0.3 is 10.6 Å². The lowest BCUT2D eigenvalue weighted by Crippen LogP contribution is -2.55. The zero-order chi connectivity index (χ0) is 10.8.